The molecule has 0 amide bonds. The maximum Gasteiger partial charge on any atom is 0.234 e. The standard InChI is InChI=1S/C22H42O4/c1-4-7-10-11-12-13-20-14-18-22(19-15-20)25-23-21(24-26-22,16-8-5-2)17-9-6-3/h20H,4-19H2,1-3H3. The summed E-state index contributed by atoms with van der Waals surface area (Å²) < 4.78 is 0. The van der Waals surface area contributed by atoms with Gasteiger partial charge in [0.2, 0.25) is 11.6 Å². The van der Waals surface area contributed by atoms with E-state index < -0.39 is 11.6 Å². The Morgan fingerprint density at radius 3 is 1.73 bits per heavy atom. The second-order valence-electron chi connectivity index (χ2n) is 8.51. The number of rotatable bonds is 12. The third-order valence-corrected chi connectivity index (χ3v) is 6.10. The Labute approximate surface area is 161 Å². The second kappa shape index (κ2) is 11.6. The predicted octanol–water partition coefficient (Wildman–Crippen LogP) is 7.22. The lowest BCUT2D eigenvalue weighted by atomic mass is 9.82. The SMILES string of the molecule is CCCCCCCC1CCC2(CC1)OOC(CCCC)(CCCC)OO2. The summed E-state index contributed by atoms with van der Waals surface area (Å²) in [7, 11) is 0. The molecule has 1 spiro atoms. The van der Waals surface area contributed by atoms with Gasteiger partial charge in [-0.25, -0.2) is 0 Å². The van der Waals surface area contributed by atoms with Crippen LogP contribution in [0.3, 0.4) is 0 Å². The minimum absolute atomic E-state index is 0.666. The molecule has 0 radical (unpaired) electrons. The van der Waals surface area contributed by atoms with Crippen LogP contribution in [0.5, 0.6) is 0 Å². The van der Waals surface area contributed by atoms with Crippen molar-refractivity contribution in [2.24, 2.45) is 5.92 Å². The summed E-state index contributed by atoms with van der Waals surface area (Å²) in [5, 5.41) is 0. The summed E-state index contributed by atoms with van der Waals surface area (Å²) in [5.41, 5.74) is 0. The van der Waals surface area contributed by atoms with Crippen molar-refractivity contribution in [2.75, 3.05) is 0 Å². The van der Waals surface area contributed by atoms with E-state index in [2.05, 4.69) is 20.8 Å². The molecule has 2 aliphatic rings. The van der Waals surface area contributed by atoms with Crippen molar-refractivity contribution in [3.63, 3.8) is 0 Å². The molecule has 4 nitrogen and oxygen atoms in total. The molecule has 0 aromatic carbocycles. The predicted molar refractivity (Wildman–Crippen MR) is 104 cm³/mol. The van der Waals surface area contributed by atoms with Gasteiger partial charge in [0.05, 0.1) is 0 Å². The van der Waals surface area contributed by atoms with Crippen LogP contribution in [0.4, 0.5) is 0 Å². The molecule has 1 saturated heterocycles. The average Bonchev–Trinajstić information content (AvgIpc) is 2.68. The van der Waals surface area contributed by atoms with Gasteiger partial charge in [0, 0.05) is 25.7 Å². The summed E-state index contributed by atoms with van der Waals surface area (Å²) in [6, 6.07) is 0. The molecule has 0 unspecified atom stereocenters. The zero-order valence-electron chi connectivity index (χ0n) is 17.5. The van der Waals surface area contributed by atoms with Gasteiger partial charge in [-0.15, -0.1) is 0 Å². The largest absolute Gasteiger partial charge is 0.234 e. The van der Waals surface area contributed by atoms with E-state index in [4.69, 9.17) is 19.6 Å². The lowest BCUT2D eigenvalue weighted by Crippen LogP contribution is -2.52. The summed E-state index contributed by atoms with van der Waals surface area (Å²) in [6.07, 6.45) is 18.3. The van der Waals surface area contributed by atoms with Crippen molar-refractivity contribution < 1.29 is 19.6 Å². The number of unbranched alkanes of at least 4 members (excludes halogenated alkanes) is 6. The molecule has 0 bridgehead atoms. The average molecular weight is 371 g/mol. The fourth-order valence-electron chi connectivity index (χ4n) is 4.12. The van der Waals surface area contributed by atoms with Crippen LogP contribution < -0.4 is 0 Å². The molecule has 1 aliphatic carbocycles. The summed E-state index contributed by atoms with van der Waals surface area (Å²) in [4.78, 5) is 23.5. The van der Waals surface area contributed by atoms with Gasteiger partial charge in [-0.05, 0) is 31.6 Å². The van der Waals surface area contributed by atoms with Crippen LogP contribution >= 0.6 is 0 Å². The van der Waals surface area contributed by atoms with Gasteiger partial charge in [0.1, 0.15) is 0 Å². The first kappa shape index (κ1) is 22.1. The fourth-order valence-corrected chi connectivity index (χ4v) is 4.12. The van der Waals surface area contributed by atoms with Crippen LogP contribution in [0.15, 0.2) is 0 Å². The molecule has 1 aliphatic heterocycles. The third-order valence-electron chi connectivity index (χ3n) is 6.10. The molecule has 2 fully saturated rings. The molecular formula is C22H42O4. The Morgan fingerprint density at radius 1 is 0.654 bits per heavy atom. The first-order valence-electron chi connectivity index (χ1n) is 11.4. The Kier molecular flexibility index (Phi) is 9.90. The molecule has 154 valence electrons. The van der Waals surface area contributed by atoms with E-state index in [-0.39, 0.29) is 0 Å². The van der Waals surface area contributed by atoms with Crippen LogP contribution in [0.1, 0.15) is 124 Å². The van der Waals surface area contributed by atoms with E-state index in [1.54, 1.807) is 0 Å². The maximum atomic E-state index is 5.88. The summed E-state index contributed by atoms with van der Waals surface area (Å²) in [6.45, 7) is 6.64. The van der Waals surface area contributed by atoms with Crippen molar-refractivity contribution in [3.8, 4) is 0 Å². The zero-order chi connectivity index (χ0) is 18.7. The van der Waals surface area contributed by atoms with Crippen molar-refractivity contribution in [1.29, 1.82) is 0 Å². The molecule has 0 aromatic rings. The van der Waals surface area contributed by atoms with E-state index in [1.807, 2.05) is 0 Å². The fraction of sp³-hybridized carbons (Fsp3) is 1.00. The molecular weight excluding hydrogens is 328 g/mol. The summed E-state index contributed by atoms with van der Waals surface area (Å²) >= 11 is 0. The maximum absolute atomic E-state index is 5.88. The Hall–Kier alpha value is -0.160. The van der Waals surface area contributed by atoms with Crippen LogP contribution in [-0.2, 0) is 19.6 Å². The van der Waals surface area contributed by atoms with E-state index >= 15 is 0 Å². The molecule has 1 heterocycles. The van der Waals surface area contributed by atoms with Gasteiger partial charge in [-0.1, -0.05) is 72.1 Å². The Morgan fingerprint density at radius 2 is 1.19 bits per heavy atom. The smallest absolute Gasteiger partial charge is 0.195 e. The van der Waals surface area contributed by atoms with Crippen LogP contribution in [-0.4, -0.2) is 11.6 Å². The topological polar surface area (TPSA) is 36.9 Å². The van der Waals surface area contributed by atoms with Gasteiger partial charge >= 0.3 is 0 Å². The molecule has 2 rings (SSSR count). The highest BCUT2D eigenvalue weighted by molar-refractivity contribution is 4.80. The lowest BCUT2D eigenvalue weighted by molar-refractivity contribution is -0.662. The first-order valence-corrected chi connectivity index (χ1v) is 11.4. The molecule has 26 heavy (non-hydrogen) atoms. The lowest BCUT2D eigenvalue weighted by Gasteiger charge is -2.45. The van der Waals surface area contributed by atoms with E-state index in [9.17, 15) is 0 Å². The third kappa shape index (κ3) is 6.78. The minimum Gasteiger partial charge on any atom is -0.195 e. The van der Waals surface area contributed by atoms with Gasteiger partial charge in [0.25, 0.3) is 0 Å². The minimum atomic E-state index is -0.701. The van der Waals surface area contributed by atoms with Gasteiger partial charge in [-0.3, -0.25) is 0 Å². The van der Waals surface area contributed by atoms with Gasteiger partial charge < -0.3 is 0 Å². The van der Waals surface area contributed by atoms with E-state index in [0.29, 0.717) is 0 Å². The zero-order valence-corrected chi connectivity index (χ0v) is 17.5. The molecule has 0 atom stereocenters. The highest BCUT2D eigenvalue weighted by atomic mass is 17.4. The van der Waals surface area contributed by atoms with Crippen molar-refractivity contribution in [3.05, 3.63) is 0 Å². The van der Waals surface area contributed by atoms with Crippen molar-refractivity contribution >= 4 is 0 Å². The van der Waals surface area contributed by atoms with Gasteiger partial charge in [-0.2, -0.15) is 19.6 Å². The second-order valence-corrected chi connectivity index (χ2v) is 8.51. The van der Waals surface area contributed by atoms with Crippen LogP contribution in [0.25, 0.3) is 0 Å². The van der Waals surface area contributed by atoms with Gasteiger partial charge in [0.15, 0.2) is 0 Å². The molecule has 0 aromatic heterocycles. The van der Waals surface area contributed by atoms with E-state index in [1.165, 1.54) is 38.5 Å². The van der Waals surface area contributed by atoms with Crippen LogP contribution in [0, 0.1) is 5.92 Å². The number of hydrogen-bond acceptors (Lipinski definition) is 4. The van der Waals surface area contributed by atoms with Crippen molar-refractivity contribution in [1.82, 2.24) is 0 Å². The normalized spacial score (nSPS) is 22.7. The highest BCUT2D eigenvalue weighted by Crippen LogP contribution is 2.44. The quantitative estimate of drug-likeness (QED) is 0.268. The molecule has 0 N–H and O–H groups in total. The first-order chi connectivity index (χ1) is 12.7. The number of hydrogen-bond donors (Lipinski definition) is 0. The van der Waals surface area contributed by atoms with Crippen molar-refractivity contribution in [2.45, 2.75) is 135 Å². The summed E-state index contributed by atoms with van der Waals surface area (Å²) in [5.74, 6) is -0.560. The highest BCUT2D eigenvalue weighted by Gasteiger charge is 2.49. The van der Waals surface area contributed by atoms with E-state index in [0.717, 1.165) is 70.1 Å². The Balaban J connectivity index is 1.72. The molecule has 4 heteroatoms. The van der Waals surface area contributed by atoms with Crippen LogP contribution in [0.2, 0.25) is 0 Å². The monoisotopic (exact) mass is 370 g/mol. The molecule has 1 saturated carbocycles. The Bertz CT molecular complexity index is 343.